The van der Waals surface area contributed by atoms with Crippen LogP contribution in [0.5, 0.6) is 0 Å². The van der Waals surface area contributed by atoms with Crippen LogP contribution < -0.4 is 0 Å². The summed E-state index contributed by atoms with van der Waals surface area (Å²) in [4.78, 5) is 15.3. The number of carbonyl (C=O) groups is 1. The first kappa shape index (κ1) is 15.0. The molecule has 0 radical (unpaired) electrons. The van der Waals surface area contributed by atoms with Gasteiger partial charge in [0.15, 0.2) is 0 Å². The van der Waals surface area contributed by atoms with Crippen LogP contribution in [0.2, 0.25) is 0 Å². The molecule has 1 N–H and O–H groups in total. The second-order valence-electron chi connectivity index (χ2n) is 6.38. The van der Waals surface area contributed by atoms with Gasteiger partial charge in [-0.25, -0.2) is 0 Å². The lowest BCUT2D eigenvalue weighted by atomic mass is 9.86. The van der Waals surface area contributed by atoms with Crippen molar-refractivity contribution in [3.63, 3.8) is 0 Å². The molecule has 1 aromatic heterocycles. The van der Waals surface area contributed by atoms with Crippen molar-refractivity contribution in [2.45, 2.75) is 26.2 Å². The summed E-state index contributed by atoms with van der Waals surface area (Å²) in [6.45, 7) is 2.32. The fourth-order valence-electron chi connectivity index (χ4n) is 3.62. The van der Waals surface area contributed by atoms with Gasteiger partial charge in [0.2, 0.25) is 0 Å². The normalized spacial score (nSPS) is 17.9. The second-order valence-corrected chi connectivity index (χ2v) is 6.38. The Morgan fingerprint density at radius 1 is 1.17 bits per heavy atom. The third kappa shape index (κ3) is 2.60. The number of H-pyrrole nitrogens is 1. The quantitative estimate of drug-likeness (QED) is 0.685. The van der Waals surface area contributed by atoms with E-state index in [1.807, 2.05) is 6.92 Å². The molecule has 0 aliphatic heterocycles. The third-order valence-corrected chi connectivity index (χ3v) is 4.91. The number of aromatic amines is 1. The van der Waals surface area contributed by atoms with Gasteiger partial charge in [-0.1, -0.05) is 30.3 Å². The molecule has 1 aliphatic carbocycles. The molecule has 3 aromatic rings. The van der Waals surface area contributed by atoms with Gasteiger partial charge in [0.25, 0.3) is 0 Å². The highest BCUT2D eigenvalue weighted by Gasteiger charge is 2.23. The van der Waals surface area contributed by atoms with Gasteiger partial charge in [-0.05, 0) is 55.5 Å². The Morgan fingerprint density at radius 3 is 2.79 bits per heavy atom. The molecule has 1 heterocycles. The molecular weight excluding hydrogens is 298 g/mol. The Kier molecular flexibility index (Phi) is 3.85. The first-order valence-corrected chi connectivity index (χ1v) is 8.63. The Morgan fingerprint density at radius 2 is 2.00 bits per heavy atom. The van der Waals surface area contributed by atoms with Crippen molar-refractivity contribution in [2.75, 3.05) is 6.61 Å². The summed E-state index contributed by atoms with van der Waals surface area (Å²) in [6, 6.07) is 15.0. The van der Waals surface area contributed by atoms with Crippen LogP contribution in [0.25, 0.3) is 27.4 Å². The largest absolute Gasteiger partial charge is 0.466 e. The van der Waals surface area contributed by atoms with E-state index in [1.165, 1.54) is 32.9 Å². The molecule has 122 valence electrons. The smallest absolute Gasteiger partial charge is 0.309 e. The number of nitrogens with one attached hydrogen (secondary N) is 1. The van der Waals surface area contributed by atoms with Crippen LogP contribution in [0.15, 0.2) is 48.5 Å². The van der Waals surface area contributed by atoms with Crippen molar-refractivity contribution in [1.29, 1.82) is 0 Å². The van der Waals surface area contributed by atoms with E-state index in [2.05, 4.69) is 53.5 Å². The number of esters is 1. The minimum absolute atomic E-state index is 0.0190. The van der Waals surface area contributed by atoms with Crippen molar-refractivity contribution < 1.29 is 9.53 Å². The minimum atomic E-state index is -0.0557. The third-order valence-electron chi connectivity index (χ3n) is 4.91. The zero-order valence-electron chi connectivity index (χ0n) is 13.8. The van der Waals surface area contributed by atoms with Gasteiger partial charge in [-0.15, -0.1) is 0 Å². The highest BCUT2D eigenvalue weighted by atomic mass is 16.5. The summed E-state index contributed by atoms with van der Waals surface area (Å²) in [5.41, 5.74) is 4.93. The van der Waals surface area contributed by atoms with Gasteiger partial charge in [-0.2, -0.15) is 0 Å². The maximum absolute atomic E-state index is 11.9. The van der Waals surface area contributed by atoms with E-state index in [-0.39, 0.29) is 11.9 Å². The van der Waals surface area contributed by atoms with Gasteiger partial charge in [-0.3, -0.25) is 4.79 Å². The molecule has 0 bridgehead atoms. The lowest BCUT2D eigenvalue weighted by molar-refractivity contribution is -0.148. The van der Waals surface area contributed by atoms with Crippen molar-refractivity contribution in [1.82, 2.24) is 4.98 Å². The van der Waals surface area contributed by atoms with E-state index in [4.69, 9.17) is 4.74 Å². The maximum Gasteiger partial charge on any atom is 0.309 e. The Balaban J connectivity index is 1.65. The predicted molar refractivity (Wildman–Crippen MR) is 97.8 cm³/mol. The van der Waals surface area contributed by atoms with Gasteiger partial charge >= 0.3 is 5.97 Å². The number of hydrogen-bond acceptors (Lipinski definition) is 2. The van der Waals surface area contributed by atoms with Crippen LogP contribution in [0.4, 0.5) is 0 Å². The number of aromatic nitrogens is 1. The molecule has 1 unspecified atom stereocenters. The SMILES string of the molecule is CCOC(=O)C1CC=C(c2ccc3[nH]c4ccccc4c3c2)CC1. The molecule has 3 heteroatoms. The Labute approximate surface area is 141 Å². The number of allylic oxidation sites excluding steroid dienone is 2. The predicted octanol–water partition coefficient (Wildman–Crippen LogP) is 5.07. The van der Waals surface area contributed by atoms with Crippen LogP contribution in [0, 0.1) is 5.92 Å². The minimum Gasteiger partial charge on any atom is -0.466 e. The first-order chi connectivity index (χ1) is 11.8. The number of carbonyl (C=O) groups excluding carboxylic acids is 1. The maximum atomic E-state index is 11.9. The Bertz CT molecular complexity index is 935. The van der Waals surface area contributed by atoms with Crippen LogP contribution in [-0.4, -0.2) is 17.6 Å². The summed E-state index contributed by atoms with van der Waals surface area (Å²) in [5.74, 6) is -0.0367. The lowest BCUT2D eigenvalue weighted by Gasteiger charge is -2.20. The molecule has 0 spiro atoms. The second kappa shape index (κ2) is 6.16. The van der Waals surface area contributed by atoms with E-state index in [9.17, 15) is 4.79 Å². The number of hydrogen-bond donors (Lipinski definition) is 1. The summed E-state index contributed by atoms with van der Waals surface area (Å²) in [7, 11) is 0. The fourth-order valence-corrected chi connectivity index (χ4v) is 3.62. The number of ether oxygens (including phenoxy) is 1. The molecule has 4 rings (SSSR count). The molecule has 2 aromatic carbocycles. The summed E-state index contributed by atoms with van der Waals surface area (Å²) >= 11 is 0. The summed E-state index contributed by atoms with van der Waals surface area (Å²) in [6.07, 6.45) is 4.79. The van der Waals surface area contributed by atoms with Gasteiger partial charge in [0.1, 0.15) is 0 Å². The number of fused-ring (bicyclic) bond motifs is 3. The average Bonchev–Trinajstić information content (AvgIpc) is 3.00. The van der Waals surface area contributed by atoms with E-state index < -0.39 is 0 Å². The molecule has 0 saturated heterocycles. The van der Waals surface area contributed by atoms with Gasteiger partial charge < -0.3 is 9.72 Å². The van der Waals surface area contributed by atoms with Crippen LogP contribution in [-0.2, 0) is 9.53 Å². The average molecular weight is 319 g/mol. The van der Waals surface area contributed by atoms with Crippen molar-refractivity contribution in [3.05, 3.63) is 54.1 Å². The lowest BCUT2D eigenvalue weighted by Crippen LogP contribution is -2.19. The first-order valence-electron chi connectivity index (χ1n) is 8.63. The van der Waals surface area contributed by atoms with Crippen LogP contribution in [0.1, 0.15) is 31.7 Å². The molecular formula is C21H21NO2. The van der Waals surface area contributed by atoms with E-state index in [0.29, 0.717) is 6.61 Å². The molecule has 0 saturated carbocycles. The van der Waals surface area contributed by atoms with Gasteiger partial charge in [0.05, 0.1) is 12.5 Å². The zero-order valence-corrected chi connectivity index (χ0v) is 13.8. The van der Waals surface area contributed by atoms with Crippen LogP contribution >= 0.6 is 0 Å². The van der Waals surface area contributed by atoms with Crippen molar-refractivity contribution in [2.24, 2.45) is 5.92 Å². The highest BCUT2D eigenvalue weighted by molar-refractivity contribution is 6.08. The molecule has 24 heavy (non-hydrogen) atoms. The van der Waals surface area contributed by atoms with Crippen molar-refractivity contribution in [3.8, 4) is 0 Å². The topological polar surface area (TPSA) is 42.1 Å². The molecule has 1 aliphatic rings. The van der Waals surface area contributed by atoms with Crippen LogP contribution in [0.3, 0.4) is 0 Å². The standard InChI is InChI=1S/C21H21NO2/c1-2-24-21(23)15-9-7-14(8-10-15)16-11-12-20-18(13-16)17-5-3-4-6-19(17)22-20/h3-7,11-13,15,22H,2,8-10H2,1H3. The number of para-hydroxylation sites is 1. The fraction of sp³-hybridized carbons (Fsp3) is 0.286. The summed E-state index contributed by atoms with van der Waals surface area (Å²) in [5, 5.41) is 2.52. The number of rotatable bonds is 3. The monoisotopic (exact) mass is 319 g/mol. The number of benzene rings is 2. The Hall–Kier alpha value is -2.55. The molecule has 0 amide bonds. The molecule has 1 atom stereocenters. The van der Waals surface area contributed by atoms with E-state index in [1.54, 1.807) is 0 Å². The molecule has 3 nitrogen and oxygen atoms in total. The molecule has 0 fully saturated rings. The van der Waals surface area contributed by atoms with E-state index >= 15 is 0 Å². The van der Waals surface area contributed by atoms with Gasteiger partial charge in [0, 0.05) is 21.8 Å². The van der Waals surface area contributed by atoms with E-state index in [0.717, 1.165) is 19.3 Å². The highest BCUT2D eigenvalue weighted by Crippen LogP contribution is 2.34. The zero-order chi connectivity index (χ0) is 16.5. The summed E-state index contributed by atoms with van der Waals surface area (Å²) < 4.78 is 5.15. The van der Waals surface area contributed by atoms with Crippen molar-refractivity contribution >= 4 is 33.3 Å².